The maximum Gasteiger partial charge on any atom is 2.00 e. The summed E-state index contributed by atoms with van der Waals surface area (Å²) in [6, 6.07) is 29.9. The van der Waals surface area contributed by atoms with Crippen LogP contribution in [-0.2, 0) is 21.1 Å². The van der Waals surface area contributed by atoms with E-state index < -0.39 is 0 Å². The van der Waals surface area contributed by atoms with Crippen LogP contribution in [0.1, 0.15) is 109 Å². The molecule has 5 nitrogen and oxygen atoms in total. The predicted molar refractivity (Wildman–Crippen MR) is 216 cm³/mol. The molecule has 276 valence electrons. The molecule has 0 unspecified atom stereocenters. The zero-order valence-electron chi connectivity index (χ0n) is 31.8. The second-order valence-electron chi connectivity index (χ2n) is 15.6. The number of nitrogens with zero attached hydrogens (tertiary/aromatic N) is 4. The molecule has 54 heavy (non-hydrogen) atoms. The number of pyridine rings is 1. The van der Waals surface area contributed by atoms with Gasteiger partial charge in [0.05, 0.1) is 6.20 Å². The van der Waals surface area contributed by atoms with Crippen LogP contribution in [0.3, 0.4) is 0 Å². The Hall–Kier alpha value is -4.47. The number of aromatic nitrogens is 4. The number of hydrogen-bond donors (Lipinski definition) is 0. The standard InChI is InChI=1S/C48H48N4O.Pt/c1-31-24-25-49-45(26-31)52-43-21-12-11-20-41(43)42-23-22-40(28-44(42)52)53-39-19-13-18-38(27-39)51-30-37(29-50-51)48-46(35-14-7-5-8-15-35)33(3)32(2)34(4)47(48)36-16-9-6-10-17-36;/h11-13,18-26,29-30,35-36H,5-10,14-17H2,1-4H3;/q-2;+2. The third-order valence-corrected chi connectivity index (χ3v) is 12.3. The fraction of sp³-hybridized carbons (Fsp3) is 0.333. The Morgan fingerprint density at radius 2 is 1.37 bits per heavy atom. The summed E-state index contributed by atoms with van der Waals surface area (Å²) < 4.78 is 10.7. The SMILES string of the molecule is Cc1ccnc(-n2c3[c-]c(Oc4[c-]c(-n5cc(-c6c(C7CCCCC7)c(C)c(C)c(C)c6C6CCCCC6)cn5)ccc4)ccc3c3ccccc32)c1.[Pt+2]. The molecule has 0 aliphatic heterocycles. The Bertz CT molecular complexity index is 2420. The zero-order valence-corrected chi connectivity index (χ0v) is 34.1. The number of aryl methyl sites for hydroxylation is 1. The van der Waals surface area contributed by atoms with Crippen molar-refractivity contribution >= 4 is 21.8 Å². The van der Waals surface area contributed by atoms with Crippen molar-refractivity contribution in [3.8, 4) is 34.1 Å². The van der Waals surface area contributed by atoms with Crippen LogP contribution in [-0.4, -0.2) is 19.3 Å². The number of fused-ring (bicyclic) bond motifs is 3. The Morgan fingerprint density at radius 1 is 0.685 bits per heavy atom. The first-order valence-electron chi connectivity index (χ1n) is 19.7. The largest absolute Gasteiger partial charge is 2.00 e. The molecule has 0 radical (unpaired) electrons. The van der Waals surface area contributed by atoms with E-state index in [4.69, 9.17) is 14.8 Å². The number of rotatable bonds is 7. The van der Waals surface area contributed by atoms with Crippen molar-refractivity contribution in [3.63, 3.8) is 0 Å². The molecule has 7 aromatic rings. The molecule has 9 rings (SSSR count). The number of ether oxygens (including phenoxy) is 1. The third kappa shape index (κ3) is 6.64. The predicted octanol–water partition coefficient (Wildman–Crippen LogP) is 12.8. The molecule has 3 aromatic heterocycles. The van der Waals surface area contributed by atoms with Gasteiger partial charge in [-0.3, -0.25) is 4.68 Å². The minimum atomic E-state index is 0. The van der Waals surface area contributed by atoms with E-state index in [1.807, 2.05) is 35.1 Å². The first-order valence-corrected chi connectivity index (χ1v) is 19.7. The van der Waals surface area contributed by atoms with Crippen LogP contribution in [0.2, 0.25) is 0 Å². The van der Waals surface area contributed by atoms with Crippen LogP contribution in [0.4, 0.5) is 0 Å². The van der Waals surface area contributed by atoms with Crippen molar-refractivity contribution in [2.24, 2.45) is 0 Å². The van der Waals surface area contributed by atoms with Gasteiger partial charge in [0.25, 0.3) is 0 Å². The molecule has 6 heteroatoms. The van der Waals surface area contributed by atoms with E-state index in [9.17, 15) is 0 Å². The van der Waals surface area contributed by atoms with Crippen LogP contribution in [0.5, 0.6) is 11.5 Å². The van der Waals surface area contributed by atoms with Crippen molar-refractivity contribution in [1.29, 1.82) is 0 Å². The third-order valence-electron chi connectivity index (χ3n) is 12.3. The Balaban J connectivity index is 0.00000413. The summed E-state index contributed by atoms with van der Waals surface area (Å²) in [6.07, 6.45) is 19.4. The zero-order chi connectivity index (χ0) is 36.1. The van der Waals surface area contributed by atoms with Gasteiger partial charge in [0.15, 0.2) is 0 Å². The van der Waals surface area contributed by atoms with Crippen molar-refractivity contribution in [2.45, 2.75) is 104 Å². The molecule has 0 amide bonds. The van der Waals surface area contributed by atoms with Crippen LogP contribution >= 0.6 is 0 Å². The van der Waals surface area contributed by atoms with Gasteiger partial charge < -0.3 is 9.30 Å². The van der Waals surface area contributed by atoms with E-state index in [0.29, 0.717) is 23.3 Å². The van der Waals surface area contributed by atoms with Gasteiger partial charge in [-0.15, -0.1) is 35.7 Å². The molecular weight excluding hydrogens is 844 g/mol. The van der Waals surface area contributed by atoms with Gasteiger partial charge in [-0.1, -0.05) is 62.2 Å². The van der Waals surface area contributed by atoms with Gasteiger partial charge in [0.1, 0.15) is 5.82 Å². The summed E-state index contributed by atoms with van der Waals surface area (Å²) >= 11 is 0. The van der Waals surface area contributed by atoms with Crippen molar-refractivity contribution in [1.82, 2.24) is 19.3 Å². The first kappa shape index (κ1) is 36.5. The van der Waals surface area contributed by atoms with Crippen molar-refractivity contribution in [3.05, 3.63) is 131 Å². The fourth-order valence-electron chi connectivity index (χ4n) is 9.47. The average molecular weight is 892 g/mol. The molecule has 0 bridgehead atoms. The summed E-state index contributed by atoms with van der Waals surface area (Å²) in [7, 11) is 0. The maximum atomic E-state index is 6.51. The molecule has 2 aliphatic rings. The topological polar surface area (TPSA) is 44.9 Å². The quantitative estimate of drug-likeness (QED) is 0.150. The Labute approximate surface area is 334 Å². The fourth-order valence-corrected chi connectivity index (χ4v) is 9.47. The molecule has 0 saturated heterocycles. The van der Waals surface area contributed by atoms with E-state index in [1.165, 1.54) is 92.0 Å². The minimum Gasteiger partial charge on any atom is -0.509 e. The van der Waals surface area contributed by atoms with Crippen molar-refractivity contribution < 1.29 is 25.8 Å². The summed E-state index contributed by atoms with van der Waals surface area (Å²) in [5.41, 5.74) is 14.4. The van der Waals surface area contributed by atoms with Gasteiger partial charge in [-0.2, -0.15) is 17.2 Å². The van der Waals surface area contributed by atoms with E-state index >= 15 is 0 Å². The van der Waals surface area contributed by atoms with Crippen LogP contribution in [0, 0.1) is 39.8 Å². The molecule has 0 atom stereocenters. The molecule has 4 aromatic carbocycles. The van der Waals surface area contributed by atoms with E-state index in [1.54, 1.807) is 11.1 Å². The molecule has 2 aliphatic carbocycles. The summed E-state index contributed by atoms with van der Waals surface area (Å²) in [5.74, 6) is 3.34. The van der Waals surface area contributed by atoms with Crippen LogP contribution in [0.25, 0.3) is 44.4 Å². The second kappa shape index (κ2) is 15.3. The van der Waals surface area contributed by atoms with Crippen LogP contribution < -0.4 is 4.74 Å². The molecule has 3 heterocycles. The van der Waals surface area contributed by atoms with Crippen molar-refractivity contribution in [2.75, 3.05) is 0 Å². The monoisotopic (exact) mass is 891 g/mol. The van der Waals surface area contributed by atoms with Gasteiger partial charge in [0, 0.05) is 35.0 Å². The van der Waals surface area contributed by atoms with Gasteiger partial charge in [-0.05, 0) is 133 Å². The van der Waals surface area contributed by atoms with Gasteiger partial charge in [-0.25, -0.2) is 4.98 Å². The van der Waals surface area contributed by atoms with Crippen LogP contribution in [0.15, 0.2) is 85.3 Å². The molecule has 0 N–H and O–H groups in total. The summed E-state index contributed by atoms with van der Waals surface area (Å²) in [5, 5.41) is 7.27. The minimum absolute atomic E-state index is 0. The molecule has 0 spiro atoms. The first-order chi connectivity index (χ1) is 25.9. The number of hydrogen-bond acceptors (Lipinski definition) is 3. The van der Waals surface area contributed by atoms with Gasteiger partial charge in [0.2, 0.25) is 0 Å². The molecule has 2 saturated carbocycles. The average Bonchev–Trinajstić information content (AvgIpc) is 3.81. The molecule has 2 fully saturated rings. The summed E-state index contributed by atoms with van der Waals surface area (Å²) in [6.45, 7) is 9.22. The van der Waals surface area contributed by atoms with Gasteiger partial charge >= 0.3 is 21.1 Å². The van der Waals surface area contributed by atoms with E-state index in [2.05, 4.69) is 99.3 Å². The smallest absolute Gasteiger partial charge is 0.509 e. The summed E-state index contributed by atoms with van der Waals surface area (Å²) in [4.78, 5) is 4.73. The van der Waals surface area contributed by atoms with E-state index in [-0.39, 0.29) is 21.1 Å². The second-order valence-corrected chi connectivity index (χ2v) is 15.6. The Kier molecular flexibility index (Phi) is 10.4. The van der Waals surface area contributed by atoms with E-state index in [0.717, 1.165) is 38.9 Å². The Morgan fingerprint density at radius 3 is 2.07 bits per heavy atom. The molecular formula is C48H48N4OPt. The normalized spacial score (nSPS) is 15.5. The number of benzene rings is 4. The maximum absolute atomic E-state index is 6.51. The number of para-hydroxylation sites is 1.